The van der Waals surface area contributed by atoms with Crippen molar-refractivity contribution in [3.63, 3.8) is 0 Å². The molecule has 0 saturated carbocycles. The van der Waals surface area contributed by atoms with Crippen molar-refractivity contribution in [3.8, 4) is 0 Å². The Kier molecular flexibility index (Phi) is 6.14. The number of sulfonamides is 1. The van der Waals surface area contributed by atoms with Crippen LogP contribution in [0.1, 0.15) is 26.6 Å². The lowest BCUT2D eigenvalue weighted by molar-refractivity contribution is -0.388. The van der Waals surface area contributed by atoms with E-state index in [1.54, 1.807) is 13.8 Å². The van der Waals surface area contributed by atoms with E-state index in [9.17, 15) is 18.5 Å². The number of nitrogens with zero attached hydrogens (tertiary/aromatic N) is 4. The van der Waals surface area contributed by atoms with E-state index in [0.717, 1.165) is 17.8 Å². The van der Waals surface area contributed by atoms with E-state index < -0.39 is 14.9 Å². The molecule has 25 heavy (non-hydrogen) atoms. The van der Waals surface area contributed by atoms with Crippen LogP contribution < -0.4 is 0 Å². The fourth-order valence-electron chi connectivity index (χ4n) is 2.18. The number of nitrogens with one attached hydrogen (secondary N) is 1. The average molecular weight is 385 g/mol. The standard InChI is InChI=1S/C14H19N5O4S2/c1-4-13-15-14(17-16-13)24-12-8-7-10(9-11(12)19(20)21)25(22,23)18(5-2)6-3/h7-9H,4-6H2,1-3H3,(H,15,16,17). The molecule has 0 amide bonds. The number of hydrogen-bond acceptors (Lipinski definition) is 7. The van der Waals surface area contributed by atoms with Gasteiger partial charge in [-0.1, -0.05) is 20.8 Å². The van der Waals surface area contributed by atoms with Gasteiger partial charge in [0.2, 0.25) is 15.2 Å². The number of H-pyrrole nitrogens is 1. The predicted molar refractivity (Wildman–Crippen MR) is 93.1 cm³/mol. The van der Waals surface area contributed by atoms with Gasteiger partial charge in [0, 0.05) is 25.6 Å². The van der Waals surface area contributed by atoms with Gasteiger partial charge in [0.25, 0.3) is 5.69 Å². The maximum absolute atomic E-state index is 12.5. The van der Waals surface area contributed by atoms with Gasteiger partial charge in [-0.15, -0.1) is 5.10 Å². The number of nitro benzene ring substituents is 1. The summed E-state index contributed by atoms with van der Waals surface area (Å²) in [6.45, 7) is 5.92. The zero-order valence-electron chi connectivity index (χ0n) is 14.1. The number of aromatic amines is 1. The second-order valence-corrected chi connectivity index (χ2v) is 7.94. The summed E-state index contributed by atoms with van der Waals surface area (Å²) in [5.41, 5.74) is -0.291. The maximum atomic E-state index is 12.5. The molecule has 0 spiro atoms. The molecule has 0 atom stereocenters. The fourth-order valence-corrected chi connectivity index (χ4v) is 4.48. The third kappa shape index (κ3) is 4.17. The summed E-state index contributed by atoms with van der Waals surface area (Å²) in [6.07, 6.45) is 0.663. The highest BCUT2D eigenvalue weighted by Crippen LogP contribution is 2.35. The molecule has 1 aromatic heterocycles. The Bertz CT molecular complexity index is 862. The molecule has 11 heteroatoms. The Morgan fingerprint density at radius 3 is 2.48 bits per heavy atom. The molecule has 1 N–H and O–H groups in total. The lowest BCUT2D eigenvalue weighted by Gasteiger charge is -2.18. The van der Waals surface area contributed by atoms with Gasteiger partial charge in [-0.3, -0.25) is 15.2 Å². The highest BCUT2D eigenvalue weighted by molar-refractivity contribution is 7.99. The molecule has 0 radical (unpaired) electrons. The third-order valence-electron chi connectivity index (χ3n) is 3.52. The summed E-state index contributed by atoms with van der Waals surface area (Å²) >= 11 is 1.01. The van der Waals surface area contributed by atoms with E-state index in [1.807, 2.05) is 6.92 Å². The molecule has 2 rings (SSSR count). The molecule has 0 aliphatic rings. The van der Waals surface area contributed by atoms with Gasteiger partial charge in [-0.25, -0.2) is 13.4 Å². The van der Waals surface area contributed by atoms with Crippen molar-refractivity contribution in [2.75, 3.05) is 13.1 Å². The minimum atomic E-state index is -3.76. The van der Waals surface area contributed by atoms with E-state index in [1.165, 1.54) is 16.4 Å². The minimum Gasteiger partial charge on any atom is -0.262 e. The Balaban J connectivity index is 2.42. The Hall–Kier alpha value is -1.98. The van der Waals surface area contributed by atoms with Gasteiger partial charge >= 0.3 is 0 Å². The van der Waals surface area contributed by atoms with Crippen molar-refractivity contribution in [2.24, 2.45) is 0 Å². The van der Waals surface area contributed by atoms with Crippen LogP contribution >= 0.6 is 11.8 Å². The van der Waals surface area contributed by atoms with Gasteiger partial charge in [0.1, 0.15) is 5.82 Å². The normalized spacial score (nSPS) is 11.8. The van der Waals surface area contributed by atoms with E-state index in [-0.39, 0.29) is 15.5 Å². The number of nitro groups is 1. The molecule has 1 heterocycles. The SMILES string of the molecule is CCc1nc(Sc2ccc(S(=O)(=O)N(CC)CC)cc2[N+](=O)[O-])n[nH]1. The van der Waals surface area contributed by atoms with Crippen molar-refractivity contribution in [1.82, 2.24) is 19.5 Å². The number of aryl methyl sites for hydroxylation is 1. The van der Waals surface area contributed by atoms with Crippen molar-refractivity contribution >= 4 is 27.5 Å². The summed E-state index contributed by atoms with van der Waals surface area (Å²) in [4.78, 5) is 15.2. The van der Waals surface area contributed by atoms with Gasteiger partial charge in [0.05, 0.1) is 14.7 Å². The largest absolute Gasteiger partial charge is 0.284 e. The fraction of sp³-hybridized carbons (Fsp3) is 0.429. The van der Waals surface area contributed by atoms with E-state index >= 15 is 0 Å². The van der Waals surface area contributed by atoms with Crippen LogP contribution in [0, 0.1) is 10.1 Å². The van der Waals surface area contributed by atoms with Crippen LogP contribution in [0.5, 0.6) is 0 Å². The lowest BCUT2D eigenvalue weighted by atomic mass is 10.3. The van der Waals surface area contributed by atoms with E-state index in [4.69, 9.17) is 0 Å². The van der Waals surface area contributed by atoms with E-state index in [2.05, 4.69) is 15.2 Å². The zero-order chi connectivity index (χ0) is 18.6. The molecule has 0 unspecified atom stereocenters. The van der Waals surface area contributed by atoms with Crippen LogP contribution in [0.25, 0.3) is 0 Å². The first-order valence-electron chi connectivity index (χ1n) is 7.71. The molecule has 0 bridgehead atoms. The summed E-state index contributed by atoms with van der Waals surface area (Å²) in [7, 11) is -3.76. The van der Waals surface area contributed by atoms with Gasteiger partial charge < -0.3 is 0 Å². The molecule has 0 fully saturated rings. The summed E-state index contributed by atoms with van der Waals surface area (Å²) in [5.74, 6) is 0.672. The number of aromatic nitrogens is 3. The smallest absolute Gasteiger partial charge is 0.262 e. The summed E-state index contributed by atoms with van der Waals surface area (Å²) in [5, 5.41) is 18.5. The molecule has 9 nitrogen and oxygen atoms in total. The second kappa shape index (κ2) is 7.93. The first-order chi connectivity index (χ1) is 11.8. The molecule has 136 valence electrons. The van der Waals surface area contributed by atoms with Gasteiger partial charge in [-0.05, 0) is 23.9 Å². The number of rotatable bonds is 8. The third-order valence-corrected chi connectivity index (χ3v) is 6.49. The minimum absolute atomic E-state index is 0.100. The zero-order valence-corrected chi connectivity index (χ0v) is 15.7. The molecular formula is C14H19N5O4S2. The first kappa shape index (κ1) is 19.3. The molecule has 0 saturated heterocycles. The Labute approximate surface area is 150 Å². The average Bonchev–Trinajstić information content (AvgIpc) is 3.03. The van der Waals surface area contributed by atoms with Crippen LogP contribution in [0.4, 0.5) is 5.69 Å². The van der Waals surface area contributed by atoms with Crippen molar-refractivity contribution < 1.29 is 13.3 Å². The van der Waals surface area contributed by atoms with Crippen LogP contribution in [-0.2, 0) is 16.4 Å². The lowest BCUT2D eigenvalue weighted by Crippen LogP contribution is -2.30. The first-order valence-corrected chi connectivity index (χ1v) is 9.96. The highest BCUT2D eigenvalue weighted by atomic mass is 32.2. The van der Waals surface area contributed by atoms with Crippen molar-refractivity contribution in [3.05, 3.63) is 34.1 Å². The molecular weight excluding hydrogens is 366 g/mol. The molecule has 2 aromatic rings. The number of benzene rings is 1. The van der Waals surface area contributed by atoms with Crippen LogP contribution in [0.3, 0.4) is 0 Å². The topological polar surface area (TPSA) is 122 Å². The van der Waals surface area contributed by atoms with Crippen LogP contribution in [0.2, 0.25) is 0 Å². The predicted octanol–water partition coefficient (Wildman–Crippen LogP) is 2.46. The molecule has 1 aromatic carbocycles. The van der Waals surface area contributed by atoms with Crippen LogP contribution in [0.15, 0.2) is 33.1 Å². The molecule has 0 aliphatic heterocycles. The monoisotopic (exact) mass is 385 g/mol. The quantitative estimate of drug-likeness (QED) is 0.547. The summed E-state index contributed by atoms with van der Waals surface area (Å²) in [6, 6.07) is 3.88. The maximum Gasteiger partial charge on any atom is 0.284 e. The van der Waals surface area contributed by atoms with Gasteiger partial charge in [-0.2, -0.15) is 4.31 Å². The van der Waals surface area contributed by atoms with Gasteiger partial charge in [0.15, 0.2) is 0 Å². The van der Waals surface area contributed by atoms with Crippen molar-refractivity contribution in [2.45, 2.75) is 42.1 Å². The van der Waals surface area contributed by atoms with E-state index in [0.29, 0.717) is 30.5 Å². The number of hydrogen-bond donors (Lipinski definition) is 1. The van der Waals surface area contributed by atoms with Crippen LogP contribution in [-0.4, -0.2) is 45.9 Å². The van der Waals surface area contributed by atoms with Crippen molar-refractivity contribution in [1.29, 1.82) is 0 Å². The summed E-state index contributed by atoms with van der Waals surface area (Å²) < 4.78 is 26.3. The second-order valence-electron chi connectivity index (χ2n) is 5.00. The molecule has 0 aliphatic carbocycles. The highest BCUT2D eigenvalue weighted by Gasteiger charge is 2.26. The Morgan fingerprint density at radius 1 is 1.28 bits per heavy atom. The Morgan fingerprint density at radius 2 is 1.96 bits per heavy atom.